The van der Waals surface area contributed by atoms with Gasteiger partial charge in [-0.25, -0.2) is 4.68 Å². The van der Waals surface area contributed by atoms with Crippen LogP contribution in [0.5, 0.6) is 0 Å². The highest BCUT2D eigenvalue weighted by Crippen LogP contribution is 2.20. The van der Waals surface area contributed by atoms with Crippen LogP contribution in [-0.2, 0) is 6.54 Å². The first kappa shape index (κ1) is 13.3. The van der Waals surface area contributed by atoms with Crippen molar-refractivity contribution in [3.63, 3.8) is 0 Å². The largest absolute Gasteiger partial charge is 0.221 e. The Bertz CT molecular complexity index is 801. The minimum atomic E-state index is 0.439. The molecule has 0 amide bonds. The topological polar surface area (TPSA) is 67.4 Å². The molecule has 0 aliphatic heterocycles. The summed E-state index contributed by atoms with van der Waals surface area (Å²) in [6.07, 6.45) is 0. The number of tetrazole rings is 1. The van der Waals surface area contributed by atoms with E-state index in [4.69, 9.17) is 16.9 Å². The normalized spacial score (nSPS) is 10.3. The van der Waals surface area contributed by atoms with Crippen molar-refractivity contribution in [3.05, 3.63) is 64.7 Å². The average Bonchev–Trinajstić information content (AvgIpc) is 2.97. The van der Waals surface area contributed by atoms with Gasteiger partial charge < -0.3 is 0 Å². The van der Waals surface area contributed by atoms with Crippen LogP contribution in [0.15, 0.2) is 48.5 Å². The molecule has 1 aromatic heterocycles. The first-order valence-electron chi connectivity index (χ1n) is 6.28. The minimum absolute atomic E-state index is 0.439. The molecule has 3 aromatic rings. The van der Waals surface area contributed by atoms with Crippen LogP contribution in [0.25, 0.3) is 11.4 Å². The van der Waals surface area contributed by atoms with Crippen molar-refractivity contribution in [1.82, 2.24) is 20.2 Å². The maximum atomic E-state index is 9.14. The molecular formula is C15H10ClN5. The van der Waals surface area contributed by atoms with Crippen LogP contribution >= 0.6 is 11.6 Å². The second-order valence-corrected chi connectivity index (χ2v) is 4.87. The number of hydrogen-bond acceptors (Lipinski definition) is 4. The van der Waals surface area contributed by atoms with Gasteiger partial charge in [0, 0.05) is 10.6 Å². The lowest BCUT2D eigenvalue weighted by Crippen LogP contribution is -2.05. The molecule has 2 aromatic carbocycles. The lowest BCUT2D eigenvalue weighted by Gasteiger charge is -2.06. The molecule has 21 heavy (non-hydrogen) atoms. The van der Waals surface area contributed by atoms with Crippen LogP contribution in [0.4, 0.5) is 0 Å². The van der Waals surface area contributed by atoms with Crippen LogP contribution in [0, 0.1) is 11.3 Å². The molecule has 0 atom stereocenters. The molecule has 0 bridgehead atoms. The van der Waals surface area contributed by atoms with Gasteiger partial charge in [0.2, 0.25) is 0 Å². The number of nitrogens with zero attached hydrogens (tertiary/aromatic N) is 5. The van der Waals surface area contributed by atoms with E-state index in [-0.39, 0.29) is 0 Å². The third kappa shape index (κ3) is 2.76. The number of hydrogen-bond donors (Lipinski definition) is 0. The van der Waals surface area contributed by atoms with Crippen LogP contribution in [0.2, 0.25) is 5.02 Å². The Kier molecular flexibility index (Phi) is 3.63. The third-order valence-electron chi connectivity index (χ3n) is 3.09. The van der Waals surface area contributed by atoms with Crippen molar-refractivity contribution in [1.29, 1.82) is 5.26 Å². The van der Waals surface area contributed by atoms with Gasteiger partial charge in [-0.15, -0.1) is 5.10 Å². The van der Waals surface area contributed by atoms with E-state index in [0.29, 0.717) is 23.0 Å². The van der Waals surface area contributed by atoms with Crippen molar-refractivity contribution in [2.24, 2.45) is 0 Å². The van der Waals surface area contributed by atoms with Gasteiger partial charge in [-0.1, -0.05) is 29.8 Å². The van der Waals surface area contributed by atoms with Crippen molar-refractivity contribution >= 4 is 11.6 Å². The minimum Gasteiger partial charge on any atom is -0.221 e. The molecule has 3 rings (SSSR count). The molecule has 6 heteroatoms. The second-order valence-electron chi connectivity index (χ2n) is 4.44. The average molecular weight is 296 g/mol. The molecule has 0 unspecified atom stereocenters. The summed E-state index contributed by atoms with van der Waals surface area (Å²) in [7, 11) is 0. The van der Waals surface area contributed by atoms with E-state index < -0.39 is 0 Å². The summed E-state index contributed by atoms with van der Waals surface area (Å²) in [5.41, 5.74) is 2.37. The van der Waals surface area contributed by atoms with E-state index in [9.17, 15) is 0 Å². The molecule has 5 nitrogen and oxygen atoms in total. The molecule has 0 N–H and O–H groups in total. The van der Waals surface area contributed by atoms with Gasteiger partial charge in [0.15, 0.2) is 5.82 Å². The Hall–Kier alpha value is -2.71. The maximum absolute atomic E-state index is 9.14. The lowest BCUT2D eigenvalue weighted by atomic mass is 10.1. The predicted molar refractivity (Wildman–Crippen MR) is 78.5 cm³/mol. The zero-order valence-electron chi connectivity index (χ0n) is 10.9. The van der Waals surface area contributed by atoms with Crippen LogP contribution in [0.1, 0.15) is 11.1 Å². The molecule has 0 saturated heterocycles. The van der Waals surface area contributed by atoms with Gasteiger partial charge in [-0.3, -0.25) is 0 Å². The summed E-state index contributed by atoms with van der Waals surface area (Å²) in [5, 5.41) is 21.6. The molecule has 0 aliphatic carbocycles. The number of rotatable bonds is 3. The first-order valence-corrected chi connectivity index (χ1v) is 6.66. The Morgan fingerprint density at radius 3 is 2.62 bits per heavy atom. The fourth-order valence-electron chi connectivity index (χ4n) is 2.05. The monoisotopic (exact) mass is 295 g/mol. The van der Waals surface area contributed by atoms with E-state index in [1.807, 2.05) is 30.3 Å². The van der Waals surface area contributed by atoms with E-state index in [1.165, 1.54) is 0 Å². The first-order chi connectivity index (χ1) is 10.3. The molecule has 0 aliphatic rings. The van der Waals surface area contributed by atoms with Crippen molar-refractivity contribution in [2.45, 2.75) is 6.54 Å². The second kappa shape index (κ2) is 5.73. The number of aromatic nitrogens is 4. The molecule has 1 heterocycles. The number of halogens is 1. The SMILES string of the molecule is N#Cc1ccccc1Cn1nnnc1-c1ccc(Cl)cc1. The Balaban J connectivity index is 1.96. The van der Waals surface area contributed by atoms with Crippen LogP contribution in [0.3, 0.4) is 0 Å². The van der Waals surface area contributed by atoms with Crippen LogP contribution in [-0.4, -0.2) is 20.2 Å². The zero-order valence-corrected chi connectivity index (χ0v) is 11.7. The summed E-state index contributed by atoms with van der Waals surface area (Å²) in [4.78, 5) is 0. The summed E-state index contributed by atoms with van der Waals surface area (Å²) >= 11 is 5.89. The van der Waals surface area contributed by atoms with E-state index in [1.54, 1.807) is 22.9 Å². The fourth-order valence-corrected chi connectivity index (χ4v) is 2.17. The van der Waals surface area contributed by atoms with Gasteiger partial charge in [0.05, 0.1) is 18.2 Å². The van der Waals surface area contributed by atoms with Crippen molar-refractivity contribution < 1.29 is 0 Å². The van der Waals surface area contributed by atoms with Crippen molar-refractivity contribution in [2.75, 3.05) is 0 Å². The summed E-state index contributed by atoms with van der Waals surface area (Å²) in [6, 6.07) is 16.9. The highest BCUT2D eigenvalue weighted by atomic mass is 35.5. The Morgan fingerprint density at radius 2 is 1.86 bits per heavy atom. The molecule has 102 valence electrons. The third-order valence-corrected chi connectivity index (χ3v) is 3.34. The standard InChI is InChI=1S/C15H10ClN5/c16-14-7-5-11(6-8-14)15-18-19-20-21(15)10-13-4-2-1-3-12(13)9-17/h1-8H,10H2. The molecule has 0 fully saturated rings. The van der Waals surface area contributed by atoms with Gasteiger partial charge in [0.25, 0.3) is 0 Å². The summed E-state index contributed by atoms with van der Waals surface area (Å²) in [6.45, 7) is 0.439. The van der Waals surface area contributed by atoms with Gasteiger partial charge in [0.1, 0.15) is 0 Å². The smallest absolute Gasteiger partial charge is 0.182 e. The Labute approximate surface area is 126 Å². The molecule has 0 saturated carbocycles. The zero-order chi connectivity index (χ0) is 14.7. The van der Waals surface area contributed by atoms with E-state index in [2.05, 4.69) is 21.6 Å². The highest BCUT2D eigenvalue weighted by molar-refractivity contribution is 6.30. The fraction of sp³-hybridized carbons (Fsp3) is 0.0667. The lowest BCUT2D eigenvalue weighted by molar-refractivity contribution is 0.652. The summed E-state index contributed by atoms with van der Waals surface area (Å²) < 4.78 is 1.67. The molecule has 0 spiro atoms. The Morgan fingerprint density at radius 1 is 1.10 bits per heavy atom. The van der Waals surface area contributed by atoms with Crippen molar-refractivity contribution in [3.8, 4) is 17.5 Å². The van der Waals surface area contributed by atoms with Crippen LogP contribution < -0.4 is 0 Å². The van der Waals surface area contributed by atoms with E-state index in [0.717, 1.165) is 11.1 Å². The number of nitriles is 1. The number of benzene rings is 2. The molecule has 0 radical (unpaired) electrons. The maximum Gasteiger partial charge on any atom is 0.182 e. The van der Waals surface area contributed by atoms with Gasteiger partial charge in [-0.05, 0) is 46.3 Å². The molecular weight excluding hydrogens is 286 g/mol. The highest BCUT2D eigenvalue weighted by Gasteiger charge is 2.11. The quantitative estimate of drug-likeness (QED) is 0.745. The summed E-state index contributed by atoms with van der Waals surface area (Å²) in [5.74, 6) is 0.638. The van der Waals surface area contributed by atoms with E-state index >= 15 is 0 Å². The van der Waals surface area contributed by atoms with Gasteiger partial charge >= 0.3 is 0 Å². The predicted octanol–water partition coefficient (Wildman–Crippen LogP) is 2.91. The van der Waals surface area contributed by atoms with Gasteiger partial charge in [-0.2, -0.15) is 5.26 Å².